The molecule has 1 saturated heterocycles. The van der Waals surface area contributed by atoms with E-state index in [1.807, 2.05) is 0 Å². The molecule has 2 atom stereocenters. The van der Waals surface area contributed by atoms with E-state index in [1.54, 1.807) is 11.9 Å². The molecule has 2 rings (SSSR count). The summed E-state index contributed by atoms with van der Waals surface area (Å²) in [7, 11) is 1.80. The van der Waals surface area contributed by atoms with Crippen LogP contribution in [0.25, 0.3) is 0 Å². The Hall–Kier alpha value is -1.30. The summed E-state index contributed by atoms with van der Waals surface area (Å²) in [4.78, 5) is 27.0. The molecule has 2 amide bonds. The van der Waals surface area contributed by atoms with E-state index in [1.165, 1.54) is 12.8 Å². The summed E-state index contributed by atoms with van der Waals surface area (Å²) in [6.45, 7) is 3.92. The van der Waals surface area contributed by atoms with Gasteiger partial charge in [0.25, 0.3) is 0 Å². The molecule has 0 aromatic rings. The highest BCUT2D eigenvalue weighted by Crippen LogP contribution is 2.25. The van der Waals surface area contributed by atoms with Crippen molar-refractivity contribution in [3.8, 4) is 0 Å². The average molecular weight is 283 g/mol. The summed E-state index contributed by atoms with van der Waals surface area (Å²) >= 11 is 0. The van der Waals surface area contributed by atoms with Crippen molar-refractivity contribution >= 4 is 12.0 Å². The van der Waals surface area contributed by atoms with E-state index in [9.17, 15) is 9.59 Å². The fourth-order valence-corrected chi connectivity index (χ4v) is 3.02. The number of aliphatic carboxylic acids is 1. The van der Waals surface area contributed by atoms with Gasteiger partial charge in [-0.2, -0.15) is 0 Å². The molecule has 1 aliphatic carbocycles. The number of hydrogen-bond acceptors (Lipinski definition) is 3. The average Bonchev–Trinajstić information content (AvgIpc) is 3.06. The minimum atomic E-state index is -0.746. The van der Waals surface area contributed by atoms with Crippen molar-refractivity contribution in [1.29, 1.82) is 0 Å². The van der Waals surface area contributed by atoms with Crippen LogP contribution in [0, 0.1) is 5.92 Å². The van der Waals surface area contributed by atoms with Crippen molar-refractivity contribution in [2.45, 2.75) is 38.1 Å². The van der Waals surface area contributed by atoms with Crippen LogP contribution in [0.3, 0.4) is 0 Å². The second kappa shape index (κ2) is 6.92. The number of hydrogen-bond donors (Lipinski definition) is 2. The number of nitrogens with one attached hydrogen (secondary N) is 1. The highest BCUT2D eigenvalue weighted by Gasteiger charge is 2.31. The predicted octanol–water partition coefficient (Wildman–Crippen LogP) is 0.977. The van der Waals surface area contributed by atoms with Crippen LogP contribution in [-0.2, 0) is 4.79 Å². The summed E-state index contributed by atoms with van der Waals surface area (Å²) in [5.41, 5.74) is 0. The van der Waals surface area contributed by atoms with Gasteiger partial charge in [0.05, 0.1) is 5.92 Å². The van der Waals surface area contributed by atoms with Gasteiger partial charge in [-0.15, -0.1) is 0 Å². The maximum absolute atomic E-state index is 12.0. The van der Waals surface area contributed by atoms with Gasteiger partial charge in [0, 0.05) is 26.2 Å². The Morgan fingerprint density at radius 2 is 2.00 bits per heavy atom. The monoisotopic (exact) mass is 283 g/mol. The third-order valence-corrected chi connectivity index (χ3v) is 4.41. The molecule has 0 aromatic heterocycles. The lowest BCUT2D eigenvalue weighted by Crippen LogP contribution is -2.44. The lowest BCUT2D eigenvalue weighted by molar-refractivity contribution is -0.141. The van der Waals surface area contributed by atoms with Gasteiger partial charge in [-0.3, -0.25) is 4.79 Å². The molecule has 2 N–H and O–H groups in total. The van der Waals surface area contributed by atoms with Crippen LogP contribution in [-0.4, -0.2) is 66.2 Å². The molecule has 114 valence electrons. The lowest BCUT2D eigenvalue weighted by atomic mass is 10.1. The number of amides is 2. The summed E-state index contributed by atoms with van der Waals surface area (Å²) < 4.78 is 0. The second-order valence-electron chi connectivity index (χ2n) is 5.96. The number of carbonyl (C=O) groups excluding carboxylic acids is 1. The van der Waals surface area contributed by atoms with E-state index in [0.29, 0.717) is 12.8 Å². The van der Waals surface area contributed by atoms with Crippen molar-refractivity contribution in [3.63, 3.8) is 0 Å². The first-order valence-corrected chi connectivity index (χ1v) is 7.53. The number of nitrogens with zero attached hydrogens (tertiary/aromatic N) is 2. The van der Waals surface area contributed by atoms with Crippen LogP contribution in [0.1, 0.15) is 32.1 Å². The molecular weight excluding hydrogens is 258 g/mol. The van der Waals surface area contributed by atoms with E-state index in [4.69, 9.17) is 5.11 Å². The van der Waals surface area contributed by atoms with E-state index >= 15 is 0 Å². The molecule has 6 heteroatoms. The van der Waals surface area contributed by atoms with Gasteiger partial charge in [0.15, 0.2) is 0 Å². The summed E-state index contributed by atoms with van der Waals surface area (Å²) in [6.07, 6.45) is 4.50. The zero-order valence-corrected chi connectivity index (χ0v) is 12.2. The van der Waals surface area contributed by atoms with Crippen molar-refractivity contribution in [1.82, 2.24) is 15.1 Å². The van der Waals surface area contributed by atoms with E-state index < -0.39 is 5.97 Å². The van der Waals surface area contributed by atoms with Crippen molar-refractivity contribution in [2.24, 2.45) is 5.92 Å². The SMILES string of the molecule is CN(CCN1CCCC1)C(=O)NC1CCC(C(=O)O)C1. The number of likely N-dealkylation sites (N-methyl/N-ethyl adjacent to an activating group) is 1. The number of carboxylic acids is 1. The maximum atomic E-state index is 12.0. The molecule has 1 saturated carbocycles. The van der Waals surface area contributed by atoms with Crippen molar-refractivity contribution < 1.29 is 14.7 Å². The number of likely N-dealkylation sites (tertiary alicyclic amines) is 1. The predicted molar refractivity (Wildman–Crippen MR) is 75.6 cm³/mol. The Bertz CT molecular complexity index is 356. The van der Waals surface area contributed by atoms with Crippen LogP contribution in [0.2, 0.25) is 0 Å². The number of carbonyl (C=O) groups is 2. The lowest BCUT2D eigenvalue weighted by Gasteiger charge is -2.23. The van der Waals surface area contributed by atoms with Crippen molar-refractivity contribution in [3.05, 3.63) is 0 Å². The molecule has 0 bridgehead atoms. The molecule has 1 aliphatic heterocycles. The number of urea groups is 1. The fraction of sp³-hybridized carbons (Fsp3) is 0.857. The molecule has 1 heterocycles. The van der Waals surface area contributed by atoms with Crippen LogP contribution in [0.15, 0.2) is 0 Å². The first-order valence-electron chi connectivity index (χ1n) is 7.53. The summed E-state index contributed by atoms with van der Waals surface area (Å²) in [5.74, 6) is -1.04. The van der Waals surface area contributed by atoms with Gasteiger partial charge in [-0.05, 0) is 45.2 Å². The molecule has 2 aliphatic rings. The standard InChI is InChI=1S/C14H25N3O3/c1-16(8-9-17-6-2-3-7-17)14(20)15-12-5-4-11(10-12)13(18)19/h11-12H,2-10H2,1H3,(H,15,20)(H,18,19). The minimum Gasteiger partial charge on any atom is -0.481 e. The molecular formula is C14H25N3O3. The first-order chi connectivity index (χ1) is 9.56. The molecule has 6 nitrogen and oxygen atoms in total. The van der Waals surface area contributed by atoms with Crippen LogP contribution < -0.4 is 5.32 Å². The van der Waals surface area contributed by atoms with Crippen LogP contribution in [0.5, 0.6) is 0 Å². The van der Waals surface area contributed by atoms with E-state index in [0.717, 1.165) is 32.6 Å². The number of rotatable bonds is 5. The maximum Gasteiger partial charge on any atom is 0.317 e. The van der Waals surface area contributed by atoms with Crippen molar-refractivity contribution in [2.75, 3.05) is 33.2 Å². The highest BCUT2D eigenvalue weighted by molar-refractivity contribution is 5.75. The van der Waals surface area contributed by atoms with Gasteiger partial charge < -0.3 is 20.2 Å². The Morgan fingerprint density at radius 3 is 2.60 bits per heavy atom. The molecule has 0 aromatic carbocycles. The fourth-order valence-electron chi connectivity index (χ4n) is 3.02. The van der Waals surface area contributed by atoms with Crippen LogP contribution in [0.4, 0.5) is 4.79 Å². The van der Waals surface area contributed by atoms with Gasteiger partial charge in [0.1, 0.15) is 0 Å². The Kier molecular flexibility index (Phi) is 5.23. The highest BCUT2D eigenvalue weighted by atomic mass is 16.4. The normalized spacial score (nSPS) is 26.6. The third kappa shape index (κ3) is 4.10. The van der Waals surface area contributed by atoms with Crippen LogP contribution >= 0.6 is 0 Å². The van der Waals surface area contributed by atoms with E-state index in [-0.39, 0.29) is 18.0 Å². The molecule has 0 spiro atoms. The Labute approximate surface area is 120 Å². The largest absolute Gasteiger partial charge is 0.481 e. The Morgan fingerprint density at radius 1 is 1.30 bits per heavy atom. The first kappa shape index (κ1) is 15.1. The molecule has 2 unspecified atom stereocenters. The van der Waals surface area contributed by atoms with E-state index in [2.05, 4.69) is 10.2 Å². The molecule has 2 fully saturated rings. The topological polar surface area (TPSA) is 72.9 Å². The zero-order valence-electron chi connectivity index (χ0n) is 12.2. The second-order valence-corrected chi connectivity index (χ2v) is 5.96. The Balaban J connectivity index is 1.67. The number of carboxylic acid groups (broad SMARTS) is 1. The summed E-state index contributed by atoms with van der Waals surface area (Å²) in [6, 6.07) is -0.0712. The minimum absolute atomic E-state index is 0.0119. The van der Waals surface area contributed by atoms with Gasteiger partial charge in [0.2, 0.25) is 0 Å². The van der Waals surface area contributed by atoms with Gasteiger partial charge in [-0.25, -0.2) is 4.79 Å². The molecule has 20 heavy (non-hydrogen) atoms. The quantitative estimate of drug-likeness (QED) is 0.789. The van der Waals surface area contributed by atoms with Gasteiger partial charge >= 0.3 is 12.0 Å². The zero-order chi connectivity index (χ0) is 14.5. The molecule has 0 radical (unpaired) electrons. The third-order valence-electron chi connectivity index (χ3n) is 4.41. The summed E-state index contributed by atoms with van der Waals surface area (Å²) in [5, 5.41) is 11.9. The van der Waals surface area contributed by atoms with Gasteiger partial charge in [-0.1, -0.05) is 0 Å². The smallest absolute Gasteiger partial charge is 0.317 e.